The maximum atomic E-state index is 9.32. The SMILES string of the molecule is N#Cc1ccc(N2CC(O)C2)nc1N1CC(O)C1. The third-order valence-corrected chi connectivity index (χ3v) is 3.33. The fourth-order valence-electron chi connectivity index (χ4n) is 2.21. The number of hydrogen-bond acceptors (Lipinski definition) is 6. The van der Waals surface area contributed by atoms with E-state index < -0.39 is 0 Å². The van der Waals surface area contributed by atoms with Gasteiger partial charge in [0.15, 0.2) is 0 Å². The molecule has 3 heterocycles. The zero-order valence-corrected chi connectivity index (χ0v) is 9.82. The van der Waals surface area contributed by atoms with E-state index in [2.05, 4.69) is 11.1 Å². The fourth-order valence-corrected chi connectivity index (χ4v) is 2.21. The molecular weight excluding hydrogens is 232 g/mol. The van der Waals surface area contributed by atoms with Crippen molar-refractivity contribution in [2.45, 2.75) is 12.2 Å². The predicted molar refractivity (Wildman–Crippen MR) is 65.4 cm³/mol. The van der Waals surface area contributed by atoms with Crippen molar-refractivity contribution < 1.29 is 10.2 Å². The first kappa shape index (κ1) is 11.3. The van der Waals surface area contributed by atoms with Crippen LogP contribution in [0.4, 0.5) is 11.6 Å². The Kier molecular flexibility index (Phi) is 2.58. The van der Waals surface area contributed by atoms with Gasteiger partial charge in [-0.25, -0.2) is 4.98 Å². The molecule has 0 amide bonds. The topological polar surface area (TPSA) is 83.6 Å². The molecule has 2 N–H and O–H groups in total. The van der Waals surface area contributed by atoms with Crippen molar-refractivity contribution >= 4 is 11.6 Å². The molecule has 94 valence electrons. The van der Waals surface area contributed by atoms with Crippen LogP contribution >= 0.6 is 0 Å². The highest BCUT2D eigenvalue weighted by atomic mass is 16.3. The maximum Gasteiger partial charge on any atom is 0.149 e. The Balaban J connectivity index is 1.86. The molecule has 6 nitrogen and oxygen atoms in total. The van der Waals surface area contributed by atoms with Gasteiger partial charge in [0, 0.05) is 26.2 Å². The summed E-state index contributed by atoms with van der Waals surface area (Å²) in [5.41, 5.74) is 0.520. The second-order valence-electron chi connectivity index (χ2n) is 4.77. The highest BCUT2D eigenvalue weighted by Gasteiger charge is 2.30. The summed E-state index contributed by atoms with van der Waals surface area (Å²) in [6.07, 6.45) is -0.607. The van der Waals surface area contributed by atoms with Gasteiger partial charge in [-0.3, -0.25) is 0 Å². The van der Waals surface area contributed by atoms with Crippen molar-refractivity contribution in [1.82, 2.24) is 4.98 Å². The Labute approximate surface area is 105 Å². The lowest BCUT2D eigenvalue weighted by molar-refractivity contribution is 0.140. The Bertz CT molecular complexity index is 501. The van der Waals surface area contributed by atoms with Crippen LogP contribution in [-0.2, 0) is 0 Å². The van der Waals surface area contributed by atoms with Crippen LogP contribution in [0.15, 0.2) is 12.1 Å². The van der Waals surface area contributed by atoms with Gasteiger partial charge in [0.25, 0.3) is 0 Å². The van der Waals surface area contributed by atoms with E-state index in [1.807, 2.05) is 9.80 Å². The molecule has 2 aliphatic rings. The fraction of sp³-hybridized carbons (Fsp3) is 0.500. The summed E-state index contributed by atoms with van der Waals surface area (Å²) in [5.74, 6) is 1.40. The van der Waals surface area contributed by atoms with E-state index in [-0.39, 0.29) is 12.2 Å². The van der Waals surface area contributed by atoms with Gasteiger partial charge < -0.3 is 20.0 Å². The van der Waals surface area contributed by atoms with E-state index in [1.54, 1.807) is 12.1 Å². The number of nitrogens with zero attached hydrogens (tertiary/aromatic N) is 4. The van der Waals surface area contributed by atoms with Gasteiger partial charge in [0.2, 0.25) is 0 Å². The van der Waals surface area contributed by atoms with Gasteiger partial charge in [-0.2, -0.15) is 5.26 Å². The average molecular weight is 246 g/mol. The van der Waals surface area contributed by atoms with Gasteiger partial charge in [0.1, 0.15) is 17.7 Å². The number of pyridine rings is 1. The molecule has 2 fully saturated rings. The second kappa shape index (κ2) is 4.12. The van der Waals surface area contributed by atoms with Crippen LogP contribution in [0.5, 0.6) is 0 Å². The standard InChI is InChI=1S/C12H14N4O2/c13-3-8-1-2-11(15-4-9(17)5-15)14-12(8)16-6-10(18)7-16/h1-2,9-10,17-18H,4-7H2. The van der Waals surface area contributed by atoms with Crippen molar-refractivity contribution in [2.24, 2.45) is 0 Å². The number of aromatic nitrogens is 1. The largest absolute Gasteiger partial charge is 0.389 e. The number of β-amino-alcohol motifs (C(OH)–C–C–N with tert-alkyl or cyclic N) is 2. The number of hydrogen-bond donors (Lipinski definition) is 2. The van der Waals surface area contributed by atoms with E-state index in [9.17, 15) is 10.2 Å². The number of aliphatic hydroxyl groups is 2. The lowest BCUT2D eigenvalue weighted by Gasteiger charge is -2.40. The smallest absolute Gasteiger partial charge is 0.149 e. The minimum atomic E-state index is -0.326. The van der Waals surface area contributed by atoms with Crippen LogP contribution in [0, 0.1) is 11.3 Å². The minimum absolute atomic E-state index is 0.281. The van der Waals surface area contributed by atoms with Crippen molar-refractivity contribution in [2.75, 3.05) is 36.0 Å². The molecule has 2 aliphatic heterocycles. The number of nitriles is 1. The van der Waals surface area contributed by atoms with Crippen LogP contribution in [0.25, 0.3) is 0 Å². The van der Waals surface area contributed by atoms with E-state index in [0.717, 1.165) is 5.82 Å². The molecule has 0 radical (unpaired) electrons. The third-order valence-electron chi connectivity index (χ3n) is 3.33. The normalized spacial score (nSPS) is 20.3. The molecule has 3 rings (SSSR count). The lowest BCUT2D eigenvalue weighted by Crippen LogP contribution is -2.53. The molecule has 1 aromatic rings. The summed E-state index contributed by atoms with van der Waals surface area (Å²) in [5, 5.41) is 27.7. The molecule has 18 heavy (non-hydrogen) atoms. The van der Waals surface area contributed by atoms with Gasteiger partial charge >= 0.3 is 0 Å². The van der Waals surface area contributed by atoms with Crippen LogP contribution in [0.3, 0.4) is 0 Å². The molecule has 1 aromatic heterocycles. The van der Waals surface area contributed by atoms with Crippen molar-refractivity contribution in [1.29, 1.82) is 5.26 Å². The van der Waals surface area contributed by atoms with Crippen molar-refractivity contribution in [3.05, 3.63) is 17.7 Å². The van der Waals surface area contributed by atoms with Gasteiger partial charge in [-0.15, -0.1) is 0 Å². The summed E-state index contributed by atoms with van der Waals surface area (Å²) in [7, 11) is 0. The van der Waals surface area contributed by atoms with E-state index in [0.29, 0.717) is 37.6 Å². The molecule has 0 spiro atoms. The summed E-state index contributed by atoms with van der Waals surface area (Å²) in [6.45, 7) is 2.21. The van der Waals surface area contributed by atoms with Crippen LogP contribution in [0.2, 0.25) is 0 Å². The molecule has 0 aromatic carbocycles. The predicted octanol–water partition coefficient (Wildman–Crippen LogP) is -0.685. The highest BCUT2D eigenvalue weighted by molar-refractivity contribution is 5.60. The number of aliphatic hydroxyl groups excluding tert-OH is 2. The molecule has 0 saturated carbocycles. The van der Waals surface area contributed by atoms with E-state index in [1.165, 1.54) is 0 Å². The van der Waals surface area contributed by atoms with E-state index in [4.69, 9.17) is 5.26 Å². The average Bonchev–Trinajstić information content (AvgIpc) is 2.30. The quantitative estimate of drug-likeness (QED) is 0.719. The van der Waals surface area contributed by atoms with Gasteiger partial charge in [-0.1, -0.05) is 0 Å². The summed E-state index contributed by atoms with van der Waals surface area (Å²) < 4.78 is 0. The Hall–Kier alpha value is -1.84. The first-order valence-electron chi connectivity index (χ1n) is 5.94. The highest BCUT2D eigenvalue weighted by Crippen LogP contribution is 2.27. The van der Waals surface area contributed by atoms with Gasteiger partial charge in [0.05, 0.1) is 17.8 Å². The van der Waals surface area contributed by atoms with E-state index >= 15 is 0 Å². The first-order chi connectivity index (χ1) is 8.67. The number of rotatable bonds is 2. The minimum Gasteiger partial charge on any atom is -0.389 e. The second-order valence-corrected chi connectivity index (χ2v) is 4.77. The third kappa shape index (κ3) is 1.78. The Morgan fingerprint density at radius 3 is 2.28 bits per heavy atom. The lowest BCUT2D eigenvalue weighted by atomic mass is 10.1. The first-order valence-corrected chi connectivity index (χ1v) is 5.94. The van der Waals surface area contributed by atoms with Gasteiger partial charge in [-0.05, 0) is 12.1 Å². The summed E-state index contributed by atoms with van der Waals surface area (Å²) in [6, 6.07) is 5.66. The monoisotopic (exact) mass is 246 g/mol. The van der Waals surface area contributed by atoms with Crippen molar-refractivity contribution in [3.8, 4) is 6.07 Å². The molecule has 6 heteroatoms. The Morgan fingerprint density at radius 2 is 1.72 bits per heavy atom. The summed E-state index contributed by atoms with van der Waals surface area (Å²) >= 11 is 0. The molecule has 0 aliphatic carbocycles. The maximum absolute atomic E-state index is 9.32. The molecule has 0 bridgehead atoms. The molecular formula is C12H14N4O2. The zero-order chi connectivity index (χ0) is 12.7. The zero-order valence-electron chi connectivity index (χ0n) is 9.82. The molecule has 0 unspecified atom stereocenters. The van der Waals surface area contributed by atoms with Crippen LogP contribution in [-0.4, -0.2) is 53.6 Å². The number of anilines is 2. The molecule has 2 saturated heterocycles. The van der Waals surface area contributed by atoms with Crippen LogP contribution < -0.4 is 9.80 Å². The Morgan fingerprint density at radius 1 is 1.11 bits per heavy atom. The van der Waals surface area contributed by atoms with Crippen molar-refractivity contribution in [3.63, 3.8) is 0 Å². The summed E-state index contributed by atoms with van der Waals surface area (Å²) in [4.78, 5) is 8.32. The molecule has 0 atom stereocenters. The van der Waals surface area contributed by atoms with Crippen LogP contribution in [0.1, 0.15) is 5.56 Å².